The van der Waals surface area contributed by atoms with Crippen LogP contribution in [0.4, 0.5) is 18.9 Å². The number of hydrogen-bond acceptors (Lipinski definition) is 2. The monoisotopic (exact) mass is 352 g/mol. The zero-order valence-electron chi connectivity index (χ0n) is 11.1. The van der Waals surface area contributed by atoms with Gasteiger partial charge in [-0.05, 0) is 31.7 Å². The van der Waals surface area contributed by atoms with E-state index in [9.17, 15) is 18.0 Å². The highest BCUT2D eigenvalue weighted by Crippen LogP contribution is 2.36. The predicted octanol–water partition coefficient (Wildman–Crippen LogP) is 3.79. The van der Waals surface area contributed by atoms with Gasteiger partial charge in [0.2, 0.25) is 5.91 Å². The van der Waals surface area contributed by atoms with E-state index in [4.69, 9.17) is 0 Å². The van der Waals surface area contributed by atoms with Crippen LogP contribution in [0.15, 0.2) is 22.7 Å². The first kappa shape index (κ1) is 17.0. The summed E-state index contributed by atoms with van der Waals surface area (Å²) < 4.78 is 38.9. The highest BCUT2D eigenvalue weighted by molar-refractivity contribution is 9.10. The average molecular weight is 353 g/mol. The molecule has 0 aliphatic carbocycles. The molecule has 3 nitrogen and oxygen atoms in total. The number of amides is 1. The predicted molar refractivity (Wildman–Crippen MR) is 75.5 cm³/mol. The van der Waals surface area contributed by atoms with E-state index in [0.717, 1.165) is 6.07 Å². The number of rotatable bonds is 5. The van der Waals surface area contributed by atoms with E-state index in [2.05, 4.69) is 26.6 Å². The molecule has 1 rings (SSSR count). The molecule has 1 aromatic rings. The number of hydrogen-bond donors (Lipinski definition) is 2. The molecule has 0 aromatic heterocycles. The number of carbonyl (C=O) groups excluding carboxylic acids is 1. The van der Waals surface area contributed by atoms with Crippen LogP contribution in [0.3, 0.4) is 0 Å². The number of benzene rings is 1. The normalized spacial score (nSPS) is 13.1. The standard InChI is InChI=1S/C13H16BrF3N2O/c1-3-18-8(2)6-12(20)19-11-5-4-9(14)7-10(11)13(15,16)17/h4-5,7-8,18H,3,6H2,1-2H3,(H,19,20). The Kier molecular flexibility index (Phi) is 6.01. The fourth-order valence-corrected chi connectivity index (χ4v) is 2.12. The Hall–Kier alpha value is -1.08. The van der Waals surface area contributed by atoms with Crippen LogP contribution in [0.2, 0.25) is 0 Å². The van der Waals surface area contributed by atoms with Crippen LogP contribution >= 0.6 is 15.9 Å². The maximum Gasteiger partial charge on any atom is 0.418 e. The second-order valence-corrected chi connectivity index (χ2v) is 5.31. The molecule has 0 saturated heterocycles. The maximum atomic E-state index is 12.9. The Balaban J connectivity index is 2.85. The zero-order chi connectivity index (χ0) is 15.3. The Morgan fingerprint density at radius 2 is 2.05 bits per heavy atom. The second kappa shape index (κ2) is 7.08. The van der Waals surface area contributed by atoms with E-state index in [0.29, 0.717) is 11.0 Å². The Morgan fingerprint density at radius 3 is 2.60 bits per heavy atom. The summed E-state index contributed by atoms with van der Waals surface area (Å²) in [7, 11) is 0. The first-order chi connectivity index (χ1) is 9.24. The number of halogens is 4. The van der Waals surface area contributed by atoms with Crippen molar-refractivity contribution in [3.8, 4) is 0 Å². The zero-order valence-corrected chi connectivity index (χ0v) is 12.7. The first-order valence-corrected chi connectivity index (χ1v) is 6.93. The fraction of sp³-hybridized carbons (Fsp3) is 0.462. The van der Waals surface area contributed by atoms with Crippen LogP contribution in [0.1, 0.15) is 25.8 Å². The molecule has 1 amide bonds. The number of nitrogens with one attached hydrogen (secondary N) is 2. The number of anilines is 1. The molecular weight excluding hydrogens is 337 g/mol. The Morgan fingerprint density at radius 1 is 1.40 bits per heavy atom. The quantitative estimate of drug-likeness (QED) is 0.846. The summed E-state index contributed by atoms with van der Waals surface area (Å²) in [5.74, 6) is -0.453. The topological polar surface area (TPSA) is 41.1 Å². The molecule has 0 saturated carbocycles. The van der Waals surface area contributed by atoms with Gasteiger partial charge in [-0.1, -0.05) is 22.9 Å². The van der Waals surface area contributed by atoms with Crippen molar-refractivity contribution in [1.29, 1.82) is 0 Å². The van der Waals surface area contributed by atoms with Crippen LogP contribution in [0.25, 0.3) is 0 Å². The molecule has 7 heteroatoms. The van der Waals surface area contributed by atoms with E-state index in [1.807, 2.05) is 6.92 Å². The summed E-state index contributed by atoms with van der Waals surface area (Å²) in [5, 5.41) is 5.34. The summed E-state index contributed by atoms with van der Waals surface area (Å²) in [4.78, 5) is 11.7. The third-order valence-corrected chi connectivity index (χ3v) is 3.10. The fourth-order valence-electron chi connectivity index (χ4n) is 1.76. The van der Waals surface area contributed by atoms with E-state index < -0.39 is 17.6 Å². The van der Waals surface area contributed by atoms with E-state index in [1.54, 1.807) is 6.92 Å². The van der Waals surface area contributed by atoms with Crippen LogP contribution < -0.4 is 10.6 Å². The molecular formula is C13H16BrF3N2O. The first-order valence-electron chi connectivity index (χ1n) is 6.14. The number of alkyl halides is 3. The average Bonchev–Trinajstić information content (AvgIpc) is 2.30. The summed E-state index contributed by atoms with van der Waals surface area (Å²) >= 11 is 2.99. The largest absolute Gasteiger partial charge is 0.418 e. The van der Waals surface area contributed by atoms with Gasteiger partial charge in [-0.3, -0.25) is 4.79 Å². The minimum atomic E-state index is -4.51. The lowest BCUT2D eigenvalue weighted by Gasteiger charge is -2.16. The smallest absolute Gasteiger partial charge is 0.325 e. The van der Waals surface area contributed by atoms with Gasteiger partial charge in [-0.15, -0.1) is 0 Å². The van der Waals surface area contributed by atoms with Crippen molar-refractivity contribution in [2.24, 2.45) is 0 Å². The molecule has 0 spiro atoms. The van der Waals surface area contributed by atoms with Crippen LogP contribution in [-0.4, -0.2) is 18.5 Å². The van der Waals surface area contributed by atoms with Crippen molar-refractivity contribution in [2.45, 2.75) is 32.5 Å². The molecule has 0 aliphatic heterocycles. The van der Waals surface area contributed by atoms with Gasteiger partial charge in [0.25, 0.3) is 0 Å². The minimum absolute atomic E-state index is 0.0928. The number of carbonyl (C=O) groups is 1. The third kappa shape index (κ3) is 5.13. The molecule has 0 radical (unpaired) electrons. The highest BCUT2D eigenvalue weighted by atomic mass is 79.9. The minimum Gasteiger partial charge on any atom is -0.325 e. The van der Waals surface area contributed by atoms with Gasteiger partial charge in [-0.2, -0.15) is 13.2 Å². The van der Waals surface area contributed by atoms with Gasteiger partial charge >= 0.3 is 6.18 Å². The molecule has 112 valence electrons. The lowest BCUT2D eigenvalue weighted by Crippen LogP contribution is -2.30. The Bertz CT molecular complexity index is 477. The SMILES string of the molecule is CCNC(C)CC(=O)Nc1ccc(Br)cc1C(F)(F)F. The van der Waals surface area contributed by atoms with Crippen LogP contribution in [0.5, 0.6) is 0 Å². The van der Waals surface area contributed by atoms with Gasteiger partial charge in [0.1, 0.15) is 0 Å². The van der Waals surface area contributed by atoms with Crippen molar-refractivity contribution >= 4 is 27.5 Å². The lowest BCUT2D eigenvalue weighted by atomic mass is 10.1. The van der Waals surface area contributed by atoms with Crippen LogP contribution in [0, 0.1) is 0 Å². The molecule has 0 fully saturated rings. The summed E-state index contributed by atoms with van der Waals surface area (Å²) in [6.45, 7) is 4.39. The summed E-state index contributed by atoms with van der Waals surface area (Å²) in [5.41, 5.74) is -1.09. The second-order valence-electron chi connectivity index (χ2n) is 4.40. The lowest BCUT2D eigenvalue weighted by molar-refractivity contribution is -0.137. The molecule has 1 aromatic carbocycles. The van der Waals surface area contributed by atoms with E-state index in [-0.39, 0.29) is 18.2 Å². The Labute approximate surface area is 124 Å². The van der Waals surface area contributed by atoms with Gasteiger partial charge in [0, 0.05) is 16.9 Å². The van der Waals surface area contributed by atoms with Crippen molar-refractivity contribution < 1.29 is 18.0 Å². The summed E-state index contributed by atoms with van der Waals surface area (Å²) in [6.07, 6.45) is -4.40. The molecule has 2 N–H and O–H groups in total. The molecule has 1 unspecified atom stereocenters. The molecule has 0 bridgehead atoms. The van der Waals surface area contributed by atoms with Crippen LogP contribution in [-0.2, 0) is 11.0 Å². The summed E-state index contributed by atoms with van der Waals surface area (Å²) in [6, 6.07) is 3.55. The van der Waals surface area contributed by atoms with Gasteiger partial charge in [-0.25, -0.2) is 0 Å². The van der Waals surface area contributed by atoms with E-state index in [1.165, 1.54) is 12.1 Å². The third-order valence-electron chi connectivity index (χ3n) is 2.61. The molecule has 0 heterocycles. The van der Waals surface area contributed by atoms with Crippen molar-refractivity contribution in [3.05, 3.63) is 28.2 Å². The van der Waals surface area contributed by atoms with Gasteiger partial charge < -0.3 is 10.6 Å². The van der Waals surface area contributed by atoms with Gasteiger partial charge in [0.05, 0.1) is 11.3 Å². The maximum absolute atomic E-state index is 12.9. The van der Waals surface area contributed by atoms with E-state index >= 15 is 0 Å². The molecule has 20 heavy (non-hydrogen) atoms. The highest BCUT2D eigenvalue weighted by Gasteiger charge is 2.34. The van der Waals surface area contributed by atoms with Crippen molar-refractivity contribution in [3.63, 3.8) is 0 Å². The van der Waals surface area contributed by atoms with Crippen molar-refractivity contribution in [1.82, 2.24) is 5.32 Å². The van der Waals surface area contributed by atoms with Gasteiger partial charge in [0.15, 0.2) is 0 Å². The molecule has 1 atom stereocenters. The van der Waals surface area contributed by atoms with Crippen molar-refractivity contribution in [2.75, 3.05) is 11.9 Å². The molecule has 0 aliphatic rings.